The molecule has 0 saturated carbocycles. The van der Waals surface area contributed by atoms with Gasteiger partial charge in [-0.2, -0.15) is 8.42 Å². The van der Waals surface area contributed by atoms with Crippen LogP contribution in [0, 0.1) is 0 Å². The average molecular weight is 201 g/mol. The van der Waals surface area contributed by atoms with Gasteiger partial charge in [0.05, 0.1) is 5.02 Å². The minimum Gasteiger partial charge on any atom is -0.188 e. The summed E-state index contributed by atoms with van der Waals surface area (Å²) in [5, 5.41) is 1.35. The molecule has 0 aliphatic rings. The molecule has 0 N–H and O–H groups in total. The van der Waals surface area contributed by atoms with Crippen LogP contribution in [0.2, 0.25) is 5.02 Å². The second kappa shape index (κ2) is 2.48. The summed E-state index contributed by atoms with van der Waals surface area (Å²) in [5.74, 6) is 0. The monoisotopic (exact) mass is 200 g/mol. The highest BCUT2D eigenvalue weighted by molar-refractivity contribution is 7.88. The molecular weight excluding hydrogens is 199 g/mol. The summed E-state index contributed by atoms with van der Waals surface area (Å²) in [6, 6.07) is 1.33. The number of hydrogen-bond donors (Lipinski definition) is 0. The Balaban J connectivity index is 3.32. The van der Waals surface area contributed by atoms with Crippen LogP contribution >= 0.6 is 22.9 Å². The molecule has 1 aromatic heterocycles. The lowest BCUT2D eigenvalue weighted by molar-refractivity contribution is 0.554. The van der Waals surface area contributed by atoms with Crippen LogP contribution in [0.1, 0.15) is 0 Å². The number of halogens is 2. The fourth-order valence-corrected chi connectivity index (χ4v) is 2.44. The summed E-state index contributed by atoms with van der Waals surface area (Å²) < 4.78 is 32.0. The lowest BCUT2D eigenvalue weighted by Gasteiger charge is -1.86. The summed E-state index contributed by atoms with van der Waals surface area (Å²) in [7, 11) is -4.60. The molecule has 0 radical (unpaired) electrons. The van der Waals surface area contributed by atoms with E-state index in [1.807, 2.05) is 0 Å². The minimum atomic E-state index is -4.60. The maximum atomic E-state index is 12.1. The van der Waals surface area contributed by atoms with Crippen molar-refractivity contribution in [1.29, 1.82) is 0 Å². The van der Waals surface area contributed by atoms with Gasteiger partial charge in [-0.05, 0) is 11.4 Å². The summed E-state index contributed by atoms with van der Waals surface area (Å²) in [5.41, 5.74) is 0. The topological polar surface area (TPSA) is 34.1 Å². The standard InChI is InChI=1S/C4H2ClFO2S2/c5-3-1-2-9-4(3)10(6,7)8/h1-2H. The third kappa shape index (κ3) is 1.47. The highest BCUT2D eigenvalue weighted by Gasteiger charge is 2.17. The predicted octanol–water partition coefficient (Wildman–Crippen LogP) is 2.06. The second-order valence-electron chi connectivity index (χ2n) is 1.49. The van der Waals surface area contributed by atoms with Gasteiger partial charge in [-0.1, -0.05) is 15.5 Å². The lowest BCUT2D eigenvalue weighted by Crippen LogP contribution is -1.86. The van der Waals surface area contributed by atoms with E-state index in [2.05, 4.69) is 0 Å². The predicted molar refractivity (Wildman–Crippen MR) is 37.6 cm³/mol. The van der Waals surface area contributed by atoms with Crippen molar-refractivity contribution >= 4 is 33.2 Å². The zero-order valence-corrected chi connectivity index (χ0v) is 6.93. The van der Waals surface area contributed by atoms with Crippen molar-refractivity contribution in [2.24, 2.45) is 0 Å². The lowest BCUT2D eigenvalue weighted by atomic mass is 10.7. The Morgan fingerprint density at radius 3 is 2.40 bits per heavy atom. The molecule has 0 amide bonds. The van der Waals surface area contributed by atoms with Gasteiger partial charge in [0.25, 0.3) is 0 Å². The van der Waals surface area contributed by atoms with Crippen LogP contribution in [0.4, 0.5) is 3.89 Å². The normalized spacial score (nSPS) is 11.8. The first kappa shape index (κ1) is 7.97. The first-order chi connectivity index (χ1) is 4.52. The highest BCUT2D eigenvalue weighted by atomic mass is 35.5. The third-order valence-corrected chi connectivity index (χ3v) is 3.60. The zero-order valence-electron chi connectivity index (χ0n) is 4.54. The fourth-order valence-electron chi connectivity index (χ4n) is 0.454. The molecule has 0 unspecified atom stereocenters. The summed E-state index contributed by atoms with van der Waals surface area (Å²) in [6.45, 7) is 0. The van der Waals surface area contributed by atoms with Crippen LogP contribution in [-0.2, 0) is 10.2 Å². The molecule has 0 aliphatic carbocycles. The molecule has 56 valence electrons. The number of rotatable bonds is 1. The molecule has 0 bridgehead atoms. The van der Waals surface area contributed by atoms with Crippen molar-refractivity contribution in [1.82, 2.24) is 0 Å². The van der Waals surface area contributed by atoms with Gasteiger partial charge in [0, 0.05) is 0 Å². The van der Waals surface area contributed by atoms with Gasteiger partial charge in [0.15, 0.2) is 4.21 Å². The SMILES string of the molecule is O=S(=O)(F)c1sccc1Cl. The molecule has 0 spiro atoms. The van der Waals surface area contributed by atoms with Crippen LogP contribution in [0.5, 0.6) is 0 Å². The van der Waals surface area contributed by atoms with Crippen molar-refractivity contribution < 1.29 is 12.3 Å². The van der Waals surface area contributed by atoms with Crippen LogP contribution in [0.15, 0.2) is 15.7 Å². The van der Waals surface area contributed by atoms with Crippen LogP contribution in [0.3, 0.4) is 0 Å². The van der Waals surface area contributed by atoms with E-state index in [4.69, 9.17) is 11.6 Å². The van der Waals surface area contributed by atoms with Crippen molar-refractivity contribution in [3.63, 3.8) is 0 Å². The Hall–Kier alpha value is -0.130. The maximum Gasteiger partial charge on any atom is 0.343 e. The molecule has 1 aromatic rings. The van der Waals surface area contributed by atoms with Crippen molar-refractivity contribution in [3.05, 3.63) is 16.5 Å². The third-order valence-electron chi connectivity index (χ3n) is 0.806. The molecule has 0 fully saturated rings. The molecule has 0 atom stereocenters. The van der Waals surface area contributed by atoms with E-state index in [-0.39, 0.29) is 5.02 Å². The van der Waals surface area contributed by atoms with E-state index in [1.165, 1.54) is 11.4 Å². The fraction of sp³-hybridized carbons (Fsp3) is 0. The molecule has 0 saturated heterocycles. The molecule has 10 heavy (non-hydrogen) atoms. The number of hydrogen-bond acceptors (Lipinski definition) is 3. The Kier molecular flexibility index (Phi) is 1.98. The molecule has 1 rings (SSSR count). The van der Waals surface area contributed by atoms with Crippen molar-refractivity contribution in [2.45, 2.75) is 4.21 Å². The molecular formula is C4H2ClFO2S2. The Morgan fingerprint density at radius 2 is 2.20 bits per heavy atom. The smallest absolute Gasteiger partial charge is 0.188 e. The molecule has 0 aromatic carbocycles. The summed E-state index contributed by atoms with van der Waals surface area (Å²) in [6.07, 6.45) is 0. The van der Waals surface area contributed by atoms with E-state index < -0.39 is 14.4 Å². The molecule has 0 aliphatic heterocycles. The van der Waals surface area contributed by atoms with Gasteiger partial charge in [-0.3, -0.25) is 0 Å². The average Bonchev–Trinajstić information content (AvgIpc) is 2.11. The number of thiophene rings is 1. The van der Waals surface area contributed by atoms with Gasteiger partial charge in [0.1, 0.15) is 0 Å². The van der Waals surface area contributed by atoms with E-state index in [9.17, 15) is 12.3 Å². The first-order valence-electron chi connectivity index (χ1n) is 2.19. The Bertz CT molecular complexity index is 329. The molecule has 6 heteroatoms. The quantitative estimate of drug-likeness (QED) is 0.651. The van der Waals surface area contributed by atoms with Gasteiger partial charge < -0.3 is 0 Å². The maximum absolute atomic E-state index is 12.1. The summed E-state index contributed by atoms with van der Waals surface area (Å²) in [4.78, 5) is 0. The minimum absolute atomic E-state index is 0.0625. The highest BCUT2D eigenvalue weighted by Crippen LogP contribution is 2.28. The van der Waals surface area contributed by atoms with Gasteiger partial charge >= 0.3 is 10.2 Å². The van der Waals surface area contributed by atoms with Crippen molar-refractivity contribution in [2.75, 3.05) is 0 Å². The molecule has 1 heterocycles. The Labute approximate surface area is 66.5 Å². The van der Waals surface area contributed by atoms with Crippen LogP contribution < -0.4 is 0 Å². The van der Waals surface area contributed by atoms with Crippen LogP contribution in [-0.4, -0.2) is 8.42 Å². The van der Waals surface area contributed by atoms with Gasteiger partial charge in [-0.15, -0.1) is 11.3 Å². The van der Waals surface area contributed by atoms with E-state index in [0.717, 1.165) is 11.3 Å². The van der Waals surface area contributed by atoms with E-state index in [0.29, 0.717) is 0 Å². The zero-order chi connectivity index (χ0) is 7.78. The van der Waals surface area contributed by atoms with Gasteiger partial charge in [0.2, 0.25) is 0 Å². The molecule has 2 nitrogen and oxygen atoms in total. The second-order valence-corrected chi connectivity index (χ2v) is 4.36. The van der Waals surface area contributed by atoms with Gasteiger partial charge in [-0.25, -0.2) is 0 Å². The van der Waals surface area contributed by atoms with E-state index in [1.54, 1.807) is 0 Å². The largest absolute Gasteiger partial charge is 0.343 e. The van der Waals surface area contributed by atoms with E-state index >= 15 is 0 Å². The van der Waals surface area contributed by atoms with Crippen LogP contribution in [0.25, 0.3) is 0 Å². The van der Waals surface area contributed by atoms with Crippen molar-refractivity contribution in [3.8, 4) is 0 Å². The Morgan fingerprint density at radius 1 is 1.60 bits per heavy atom. The summed E-state index contributed by atoms with van der Waals surface area (Å²) >= 11 is 6.08. The first-order valence-corrected chi connectivity index (χ1v) is 4.83.